The highest BCUT2D eigenvalue weighted by molar-refractivity contribution is 5.94. The van der Waals surface area contributed by atoms with E-state index < -0.39 is 65.2 Å². The van der Waals surface area contributed by atoms with E-state index >= 15 is 4.39 Å². The van der Waals surface area contributed by atoms with E-state index in [9.17, 15) is 29.1 Å². The van der Waals surface area contributed by atoms with E-state index in [1.807, 2.05) is 0 Å². The molecule has 1 aromatic carbocycles. The number of aryl methyl sites for hydroxylation is 1. The number of alkyl carbamates (subject to hydrolysis) is 1. The number of aliphatic hydroxyl groups is 1. The van der Waals surface area contributed by atoms with E-state index in [1.165, 1.54) is 10.6 Å². The zero-order chi connectivity index (χ0) is 36.4. The highest BCUT2D eigenvalue weighted by Gasteiger charge is 2.46. The SMILES string of the molecule is CC[C@@]1(O)C(=O)OCc2c1cc1n(c2=O)Cc2c-1nc1cc(F)c(C)c3c1c2[C@@H](NC(=O)COC(=O)[C@@H](NC(=O)OC(C)(C)C)C(C)C)CC3. The van der Waals surface area contributed by atoms with Gasteiger partial charge in [-0.1, -0.05) is 20.8 Å². The van der Waals surface area contributed by atoms with Crippen LogP contribution in [0.25, 0.3) is 22.3 Å². The van der Waals surface area contributed by atoms with E-state index in [2.05, 4.69) is 10.6 Å². The molecular weight excluding hydrogens is 651 g/mol. The topological polar surface area (TPSA) is 175 Å². The average molecular weight is 693 g/mol. The maximum Gasteiger partial charge on any atom is 0.408 e. The Labute approximate surface area is 287 Å². The van der Waals surface area contributed by atoms with Crippen molar-refractivity contribution in [1.82, 2.24) is 20.2 Å². The molecule has 0 bridgehead atoms. The molecule has 14 heteroatoms. The minimum atomic E-state index is -2.02. The number of fused-ring (bicyclic) bond motifs is 5. The molecule has 13 nitrogen and oxygen atoms in total. The summed E-state index contributed by atoms with van der Waals surface area (Å²) in [4.78, 5) is 70.0. The largest absolute Gasteiger partial charge is 0.458 e. The van der Waals surface area contributed by atoms with Crippen LogP contribution in [0.1, 0.15) is 93.8 Å². The van der Waals surface area contributed by atoms with Crippen LogP contribution in [0, 0.1) is 18.7 Å². The second kappa shape index (κ2) is 12.5. The molecule has 3 N–H and O–H groups in total. The van der Waals surface area contributed by atoms with Crippen LogP contribution < -0.4 is 16.2 Å². The molecule has 2 aromatic heterocycles. The normalized spacial score (nSPS) is 19.6. The van der Waals surface area contributed by atoms with Crippen LogP contribution >= 0.6 is 0 Å². The number of benzene rings is 1. The van der Waals surface area contributed by atoms with Gasteiger partial charge in [-0.2, -0.15) is 0 Å². The summed E-state index contributed by atoms with van der Waals surface area (Å²) in [6.07, 6.45) is 0.00141. The van der Waals surface area contributed by atoms with Gasteiger partial charge in [0.15, 0.2) is 12.2 Å². The molecule has 0 radical (unpaired) electrons. The van der Waals surface area contributed by atoms with Crippen molar-refractivity contribution in [3.8, 4) is 11.4 Å². The van der Waals surface area contributed by atoms with Crippen molar-refractivity contribution in [2.45, 2.75) is 104 Å². The van der Waals surface area contributed by atoms with Gasteiger partial charge in [0.25, 0.3) is 11.5 Å². The van der Waals surface area contributed by atoms with Crippen LogP contribution in [-0.4, -0.2) is 56.8 Å². The van der Waals surface area contributed by atoms with Crippen molar-refractivity contribution < 1.29 is 42.9 Å². The van der Waals surface area contributed by atoms with E-state index in [1.54, 1.807) is 54.5 Å². The quantitative estimate of drug-likeness (QED) is 0.191. The van der Waals surface area contributed by atoms with E-state index in [0.717, 1.165) is 5.56 Å². The molecule has 3 atom stereocenters. The minimum Gasteiger partial charge on any atom is -0.458 e. The molecule has 2 aliphatic heterocycles. The van der Waals surface area contributed by atoms with Crippen LogP contribution in [0.5, 0.6) is 0 Å². The average Bonchev–Trinajstić information content (AvgIpc) is 3.41. The smallest absolute Gasteiger partial charge is 0.408 e. The molecule has 50 heavy (non-hydrogen) atoms. The lowest BCUT2D eigenvalue weighted by molar-refractivity contribution is -0.172. The fourth-order valence-electron chi connectivity index (χ4n) is 7.09. The molecular formula is C36H41FN4O9. The Morgan fingerprint density at radius 2 is 1.90 bits per heavy atom. The van der Waals surface area contributed by atoms with Gasteiger partial charge in [-0.05, 0) is 75.6 Å². The van der Waals surface area contributed by atoms with Gasteiger partial charge >= 0.3 is 18.0 Å². The molecule has 0 saturated carbocycles. The summed E-state index contributed by atoms with van der Waals surface area (Å²) < 4.78 is 32.5. The molecule has 266 valence electrons. The number of nitrogens with one attached hydrogen (secondary N) is 2. The van der Waals surface area contributed by atoms with Gasteiger partial charge in [0.2, 0.25) is 0 Å². The van der Waals surface area contributed by atoms with Gasteiger partial charge in [0, 0.05) is 22.6 Å². The molecule has 2 amide bonds. The van der Waals surface area contributed by atoms with E-state index in [4.69, 9.17) is 19.2 Å². The highest BCUT2D eigenvalue weighted by Crippen LogP contribution is 2.46. The van der Waals surface area contributed by atoms with Crippen molar-refractivity contribution in [2.75, 3.05) is 6.61 Å². The number of carbonyl (C=O) groups is 4. The highest BCUT2D eigenvalue weighted by atomic mass is 19.1. The Bertz CT molecular complexity index is 2030. The van der Waals surface area contributed by atoms with Gasteiger partial charge in [-0.25, -0.2) is 23.8 Å². The van der Waals surface area contributed by atoms with Gasteiger partial charge in [0.1, 0.15) is 24.1 Å². The van der Waals surface area contributed by atoms with Crippen molar-refractivity contribution in [3.05, 3.63) is 61.7 Å². The number of rotatable bonds is 7. The molecule has 0 unspecified atom stereocenters. The summed E-state index contributed by atoms with van der Waals surface area (Å²) in [5.74, 6) is -3.05. The molecule has 4 heterocycles. The van der Waals surface area contributed by atoms with E-state index in [0.29, 0.717) is 51.8 Å². The summed E-state index contributed by atoms with van der Waals surface area (Å²) >= 11 is 0. The lowest BCUT2D eigenvalue weighted by Crippen LogP contribution is -2.47. The lowest BCUT2D eigenvalue weighted by Gasteiger charge is -2.31. The van der Waals surface area contributed by atoms with Crippen LogP contribution in [0.15, 0.2) is 16.9 Å². The number of esters is 2. The summed E-state index contributed by atoms with van der Waals surface area (Å²) in [7, 11) is 0. The number of hydrogen-bond donors (Lipinski definition) is 3. The number of carbonyl (C=O) groups excluding carboxylic acids is 4. The number of hydrogen-bond acceptors (Lipinski definition) is 10. The zero-order valence-electron chi connectivity index (χ0n) is 29.1. The van der Waals surface area contributed by atoms with Crippen molar-refractivity contribution in [2.24, 2.45) is 5.92 Å². The van der Waals surface area contributed by atoms with Crippen LogP contribution in [-0.2, 0) is 53.8 Å². The van der Waals surface area contributed by atoms with Gasteiger partial charge in [-0.3, -0.25) is 9.59 Å². The first-order valence-electron chi connectivity index (χ1n) is 16.7. The summed E-state index contributed by atoms with van der Waals surface area (Å²) in [6, 6.07) is 1.23. The first-order chi connectivity index (χ1) is 23.4. The molecule has 0 saturated heterocycles. The number of nitrogens with zero attached hydrogens (tertiary/aromatic N) is 2. The Morgan fingerprint density at radius 1 is 1.18 bits per heavy atom. The number of pyridine rings is 2. The number of cyclic esters (lactones) is 1. The van der Waals surface area contributed by atoms with Crippen LogP contribution in [0.3, 0.4) is 0 Å². The summed E-state index contributed by atoms with van der Waals surface area (Å²) in [5.41, 5.74) is 0.649. The Balaban J connectivity index is 1.33. The predicted molar refractivity (Wildman–Crippen MR) is 177 cm³/mol. The van der Waals surface area contributed by atoms with Crippen molar-refractivity contribution in [3.63, 3.8) is 0 Å². The Morgan fingerprint density at radius 3 is 2.56 bits per heavy atom. The molecule has 6 rings (SSSR count). The molecule has 0 fully saturated rings. The van der Waals surface area contributed by atoms with Crippen LogP contribution in [0.4, 0.5) is 9.18 Å². The number of amides is 2. The Kier molecular flexibility index (Phi) is 8.74. The predicted octanol–water partition coefficient (Wildman–Crippen LogP) is 3.72. The molecule has 1 aliphatic carbocycles. The second-order valence-electron chi connectivity index (χ2n) is 14.4. The van der Waals surface area contributed by atoms with E-state index in [-0.39, 0.29) is 36.6 Å². The van der Waals surface area contributed by atoms with Crippen molar-refractivity contribution in [1.29, 1.82) is 0 Å². The maximum absolute atomic E-state index is 15.2. The minimum absolute atomic E-state index is 0.0213. The number of halogens is 1. The second-order valence-corrected chi connectivity index (χ2v) is 14.4. The molecule has 0 spiro atoms. The maximum atomic E-state index is 15.2. The van der Waals surface area contributed by atoms with Gasteiger partial charge in [-0.15, -0.1) is 0 Å². The third-order valence-corrected chi connectivity index (χ3v) is 9.65. The zero-order valence-corrected chi connectivity index (χ0v) is 29.1. The Hall–Kier alpha value is -4.85. The first-order valence-corrected chi connectivity index (χ1v) is 16.7. The molecule has 3 aliphatic rings. The van der Waals surface area contributed by atoms with Gasteiger partial charge < -0.3 is 34.5 Å². The first kappa shape index (κ1) is 35.0. The standard InChI is InChI=1S/C36H41FN4O9/c1-8-36(47)21-11-25-30-19(13-41(25)31(43)20(21)14-49-33(36)45)28-23(10-9-18-17(4)22(37)12-24(39-30)27(18)28)38-26(42)15-48-32(44)29(16(2)3)40-34(46)50-35(5,6)7/h11-12,16,23,29,47H,8-10,13-15H2,1-7H3,(H,38,42)(H,40,46)/t23-,29-,36-/m0/s1. The monoisotopic (exact) mass is 692 g/mol. The van der Waals surface area contributed by atoms with Crippen LogP contribution in [0.2, 0.25) is 0 Å². The van der Waals surface area contributed by atoms with Crippen molar-refractivity contribution >= 4 is 34.8 Å². The summed E-state index contributed by atoms with van der Waals surface area (Å²) in [6.45, 7) is 11.0. The number of aromatic nitrogens is 2. The lowest BCUT2D eigenvalue weighted by atomic mass is 9.81. The third-order valence-electron chi connectivity index (χ3n) is 9.65. The fourth-order valence-corrected chi connectivity index (χ4v) is 7.09. The van der Waals surface area contributed by atoms with Gasteiger partial charge in [0.05, 0.1) is 35.1 Å². The number of ether oxygens (including phenoxy) is 3. The molecule has 3 aromatic rings. The summed E-state index contributed by atoms with van der Waals surface area (Å²) in [5, 5.41) is 17.4. The third kappa shape index (κ3) is 5.88. The fraction of sp³-hybridized carbons (Fsp3) is 0.500.